The third-order valence-electron chi connectivity index (χ3n) is 5.54. The van der Waals surface area contributed by atoms with E-state index in [0.717, 1.165) is 11.1 Å². The number of rotatable bonds is 5. The Kier molecular flexibility index (Phi) is 6.36. The summed E-state index contributed by atoms with van der Waals surface area (Å²) < 4.78 is 34.1. The third kappa shape index (κ3) is 4.84. The van der Waals surface area contributed by atoms with Crippen LogP contribution in [0.25, 0.3) is 0 Å². The first-order valence-corrected chi connectivity index (χ1v) is 12.4. The maximum Gasteiger partial charge on any atom is 0.267 e. The standard InChI is InChI=1S/C25H25ClN2O4S/c1-16(2)18-6-9-20(10-7-18)27-25(29)24-15-28(22-14-19(26)8-13-23(22)32-24)33(30,31)21-11-4-17(3)5-12-21/h4-14,16,24H,15H2,1-3H3,(H,27,29)/t24-/m1/s1. The van der Waals surface area contributed by atoms with Crippen molar-refractivity contribution >= 4 is 38.9 Å². The quantitative estimate of drug-likeness (QED) is 0.528. The van der Waals surface area contributed by atoms with Gasteiger partial charge in [-0.3, -0.25) is 9.10 Å². The molecule has 1 N–H and O–H groups in total. The number of anilines is 2. The number of nitrogens with one attached hydrogen (secondary N) is 1. The first kappa shape index (κ1) is 23.1. The van der Waals surface area contributed by atoms with E-state index in [0.29, 0.717) is 22.3 Å². The minimum absolute atomic E-state index is 0.129. The molecule has 1 aliphatic rings. The lowest BCUT2D eigenvalue weighted by Crippen LogP contribution is -2.48. The minimum Gasteiger partial charge on any atom is -0.476 e. The van der Waals surface area contributed by atoms with Gasteiger partial charge in [-0.05, 0) is 60.9 Å². The predicted molar refractivity (Wildman–Crippen MR) is 131 cm³/mol. The number of amides is 1. The number of benzene rings is 3. The number of fused-ring (bicyclic) bond motifs is 1. The molecular weight excluding hydrogens is 460 g/mol. The van der Waals surface area contributed by atoms with Crippen molar-refractivity contribution in [3.05, 3.63) is 82.9 Å². The van der Waals surface area contributed by atoms with Crippen LogP contribution >= 0.6 is 11.6 Å². The number of nitrogens with zero attached hydrogens (tertiary/aromatic N) is 1. The largest absolute Gasteiger partial charge is 0.476 e. The Bertz CT molecular complexity index is 1270. The molecule has 1 heterocycles. The van der Waals surface area contributed by atoms with E-state index in [-0.39, 0.29) is 17.2 Å². The van der Waals surface area contributed by atoms with Crippen LogP contribution in [0.3, 0.4) is 0 Å². The topological polar surface area (TPSA) is 75.7 Å². The summed E-state index contributed by atoms with van der Waals surface area (Å²) in [7, 11) is -3.95. The van der Waals surface area contributed by atoms with Crippen molar-refractivity contribution in [2.45, 2.75) is 37.7 Å². The van der Waals surface area contributed by atoms with Crippen LogP contribution in [0.2, 0.25) is 5.02 Å². The number of hydrogen-bond acceptors (Lipinski definition) is 4. The van der Waals surface area contributed by atoms with Crippen LogP contribution in [-0.2, 0) is 14.8 Å². The Morgan fingerprint density at radius 3 is 2.36 bits per heavy atom. The molecule has 3 aromatic carbocycles. The van der Waals surface area contributed by atoms with Gasteiger partial charge in [0.25, 0.3) is 15.9 Å². The molecule has 1 atom stereocenters. The number of ether oxygens (including phenoxy) is 1. The van der Waals surface area contributed by atoms with Gasteiger partial charge in [0.1, 0.15) is 5.75 Å². The summed E-state index contributed by atoms with van der Waals surface area (Å²) >= 11 is 6.14. The van der Waals surface area contributed by atoms with Gasteiger partial charge < -0.3 is 10.1 Å². The Hall–Kier alpha value is -3.03. The summed E-state index contributed by atoms with van der Waals surface area (Å²) in [4.78, 5) is 13.2. The lowest BCUT2D eigenvalue weighted by molar-refractivity contribution is -0.122. The van der Waals surface area contributed by atoms with Crippen LogP contribution in [0.4, 0.5) is 11.4 Å². The Morgan fingerprint density at radius 1 is 1.06 bits per heavy atom. The smallest absolute Gasteiger partial charge is 0.267 e. The Balaban J connectivity index is 1.64. The molecule has 0 saturated carbocycles. The number of carbonyl (C=O) groups excluding carboxylic acids is 1. The molecule has 0 fully saturated rings. The third-order valence-corrected chi connectivity index (χ3v) is 7.57. The molecule has 0 unspecified atom stereocenters. The molecule has 172 valence electrons. The average Bonchev–Trinajstić information content (AvgIpc) is 2.79. The highest BCUT2D eigenvalue weighted by atomic mass is 35.5. The van der Waals surface area contributed by atoms with Crippen molar-refractivity contribution < 1.29 is 17.9 Å². The highest BCUT2D eigenvalue weighted by Crippen LogP contribution is 2.39. The molecular formula is C25H25ClN2O4S. The lowest BCUT2D eigenvalue weighted by Gasteiger charge is -2.35. The summed E-state index contributed by atoms with van der Waals surface area (Å²) in [6, 6.07) is 18.8. The predicted octanol–water partition coefficient (Wildman–Crippen LogP) is 5.37. The van der Waals surface area contributed by atoms with E-state index in [2.05, 4.69) is 19.2 Å². The molecule has 33 heavy (non-hydrogen) atoms. The monoisotopic (exact) mass is 484 g/mol. The molecule has 1 amide bonds. The molecule has 6 nitrogen and oxygen atoms in total. The zero-order chi connectivity index (χ0) is 23.8. The van der Waals surface area contributed by atoms with Crippen LogP contribution in [0.15, 0.2) is 71.6 Å². The summed E-state index contributed by atoms with van der Waals surface area (Å²) in [6.45, 7) is 5.89. The van der Waals surface area contributed by atoms with Crippen LogP contribution < -0.4 is 14.4 Å². The van der Waals surface area contributed by atoms with Crippen molar-refractivity contribution in [2.24, 2.45) is 0 Å². The van der Waals surface area contributed by atoms with Gasteiger partial charge in [0.05, 0.1) is 17.1 Å². The molecule has 8 heteroatoms. The molecule has 4 rings (SSSR count). The van der Waals surface area contributed by atoms with E-state index in [1.54, 1.807) is 36.4 Å². The number of sulfonamides is 1. The molecule has 1 aliphatic heterocycles. The molecule has 3 aromatic rings. The van der Waals surface area contributed by atoms with Gasteiger partial charge in [0.15, 0.2) is 6.10 Å². The van der Waals surface area contributed by atoms with Crippen LogP contribution in [0, 0.1) is 6.92 Å². The van der Waals surface area contributed by atoms with Crippen molar-refractivity contribution in [2.75, 3.05) is 16.2 Å². The van der Waals surface area contributed by atoms with E-state index in [9.17, 15) is 13.2 Å². The first-order chi connectivity index (χ1) is 15.6. The van der Waals surface area contributed by atoms with Crippen molar-refractivity contribution in [1.82, 2.24) is 0 Å². The van der Waals surface area contributed by atoms with Gasteiger partial charge >= 0.3 is 0 Å². The Morgan fingerprint density at radius 2 is 1.73 bits per heavy atom. The number of carbonyl (C=O) groups is 1. The minimum atomic E-state index is -3.95. The molecule has 0 bridgehead atoms. The Labute approximate surface area is 199 Å². The van der Waals surface area contributed by atoms with E-state index in [1.807, 2.05) is 31.2 Å². The SMILES string of the molecule is Cc1ccc(S(=O)(=O)N2C[C@H](C(=O)Nc3ccc(C(C)C)cc3)Oc3ccc(Cl)cc32)cc1. The van der Waals surface area contributed by atoms with Crippen LogP contribution in [0.1, 0.15) is 30.9 Å². The molecule has 0 aromatic heterocycles. The molecule has 0 aliphatic carbocycles. The van der Waals surface area contributed by atoms with Gasteiger partial charge in [-0.1, -0.05) is 55.3 Å². The fourth-order valence-electron chi connectivity index (χ4n) is 3.60. The molecule has 0 radical (unpaired) electrons. The second kappa shape index (κ2) is 9.08. The normalized spacial score (nSPS) is 15.7. The maximum atomic E-state index is 13.5. The van der Waals surface area contributed by atoms with Gasteiger partial charge in [-0.15, -0.1) is 0 Å². The fraction of sp³-hybridized carbons (Fsp3) is 0.240. The van der Waals surface area contributed by atoms with Gasteiger partial charge in [-0.25, -0.2) is 8.42 Å². The summed E-state index contributed by atoms with van der Waals surface area (Å²) in [5.41, 5.74) is 3.01. The van der Waals surface area contributed by atoms with E-state index >= 15 is 0 Å². The van der Waals surface area contributed by atoms with E-state index < -0.39 is 22.0 Å². The van der Waals surface area contributed by atoms with Crippen molar-refractivity contribution in [3.63, 3.8) is 0 Å². The first-order valence-electron chi connectivity index (χ1n) is 10.6. The van der Waals surface area contributed by atoms with Crippen LogP contribution in [-0.4, -0.2) is 27.0 Å². The van der Waals surface area contributed by atoms with Crippen molar-refractivity contribution in [3.8, 4) is 5.75 Å². The second-order valence-electron chi connectivity index (χ2n) is 8.33. The summed E-state index contributed by atoms with van der Waals surface area (Å²) in [5, 5.41) is 3.20. The van der Waals surface area contributed by atoms with Crippen LogP contribution in [0.5, 0.6) is 5.75 Å². The van der Waals surface area contributed by atoms with Gasteiger partial charge in [0, 0.05) is 10.7 Å². The fourth-order valence-corrected chi connectivity index (χ4v) is 5.23. The number of hydrogen-bond donors (Lipinski definition) is 1. The maximum absolute atomic E-state index is 13.5. The number of aryl methyl sites for hydroxylation is 1. The van der Waals surface area contributed by atoms with E-state index in [1.165, 1.54) is 10.4 Å². The highest BCUT2D eigenvalue weighted by Gasteiger charge is 2.37. The lowest BCUT2D eigenvalue weighted by atomic mass is 10.0. The molecule has 0 spiro atoms. The molecule has 0 saturated heterocycles. The zero-order valence-corrected chi connectivity index (χ0v) is 20.2. The summed E-state index contributed by atoms with van der Waals surface area (Å²) in [5.74, 6) is 0.217. The van der Waals surface area contributed by atoms with E-state index in [4.69, 9.17) is 16.3 Å². The second-order valence-corrected chi connectivity index (χ2v) is 10.6. The van der Waals surface area contributed by atoms with Crippen molar-refractivity contribution in [1.29, 1.82) is 0 Å². The zero-order valence-electron chi connectivity index (χ0n) is 18.6. The average molecular weight is 485 g/mol. The highest BCUT2D eigenvalue weighted by molar-refractivity contribution is 7.92. The van der Waals surface area contributed by atoms with Gasteiger partial charge in [-0.2, -0.15) is 0 Å². The number of halogens is 1. The van der Waals surface area contributed by atoms with Gasteiger partial charge in [0.2, 0.25) is 0 Å². The summed E-state index contributed by atoms with van der Waals surface area (Å²) in [6.07, 6.45) is -1.04.